The molecule has 2 amide bonds. The van der Waals surface area contributed by atoms with Crippen molar-refractivity contribution in [2.45, 2.75) is 85.0 Å². The van der Waals surface area contributed by atoms with Crippen LogP contribution in [0.2, 0.25) is 10.0 Å². The van der Waals surface area contributed by atoms with Gasteiger partial charge in [0.15, 0.2) is 5.82 Å². The molecule has 0 bridgehead atoms. The van der Waals surface area contributed by atoms with Crippen molar-refractivity contribution in [2.24, 2.45) is 0 Å². The second kappa shape index (κ2) is 12.9. The first-order chi connectivity index (χ1) is 20.9. The lowest BCUT2D eigenvalue weighted by Crippen LogP contribution is -2.46. The molecule has 1 aliphatic rings. The smallest absolute Gasteiger partial charge is 0.415 e. The monoisotopic (exact) mass is 657 g/mol. The van der Waals surface area contributed by atoms with Gasteiger partial charge in [-0.2, -0.15) is 5.26 Å². The Balaban J connectivity index is 1.98. The van der Waals surface area contributed by atoms with Crippen LogP contribution < -0.4 is 10.6 Å². The number of pyridine rings is 1. The highest BCUT2D eigenvalue weighted by Crippen LogP contribution is 2.44. The number of aromatic nitrogens is 1. The second-order valence-corrected chi connectivity index (χ2v) is 13.8. The molecular formula is C33H38Cl2FN5O4. The number of carbonyl (C=O) groups excluding carboxylic acids is 2. The zero-order chi connectivity index (χ0) is 33.4. The average Bonchev–Trinajstić information content (AvgIpc) is 3.40. The Bertz CT molecular complexity index is 1690. The number of halogens is 3. The Morgan fingerprint density at radius 1 is 1.18 bits per heavy atom. The molecule has 2 aromatic carbocycles. The number of anilines is 2. The molecule has 3 aromatic rings. The second-order valence-electron chi connectivity index (χ2n) is 13.1. The van der Waals surface area contributed by atoms with Gasteiger partial charge in [0, 0.05) is 36.0 Å². The molecule has 12 heteroatoms. The number of hydrogen-bond donors (Lipinski definition) is 1. The molecule has 1 aliphatic heterocycles. The van der Waals surface area contributed by atoms with Crippen molar-refractivity contribution in [3.8, 4) is 17.2 Å². The molecule has 1 fully saturated rings. The molecule has 4 rings (SSSR count). The van der Waals surface area contributed by atoms with E-state index >= 15 is 4.39 Å². The highest BCUT2D eigenvalue weighted by molar-refractivity contribution is 6.43. The van der Waals surface area contributed by atoms with Gasteiger partial charge in [0.1, 0.15) is 16.7 Å². The number of nitrogen functional groups attached to an aromatic ring is 1. The molecule has 9 nitrogen and oxygen atoms in total. The molecule has 1 saturated heterocycles. The van der Waals surface area contributed by atoms with Crippen molar-refractivity contribution >= 4 is 57.7 Å². The maximum absolute atomic E-state index is 16.8. The Morgan fingerprint density at radius 3 is 2.47 bits per heavy atom. The standard InChI is InChI=1S/C33H38Cl2FN5O4/c1-18-27(38)29(41(31(43)45-33(5,6)7)20-13-15-40(17-20)30(42)44-32(2,3)4)22-16-19(10-9-14-37)24(26(36)28(22)39-18)21-11-8-12-23(34)25(21)35/h8,11-12,16,20H,9-10,13,15,17,38H2,1-7H3. The molecule has 0 radical (unpaired) electrons. The fraction of sp³-hybridized carbons (Fsp3) is 0.455. The number of hydrogen-bond acceptors (Lipinski definition) is 7. The summed E-state index contributed by atoms with van der Waals surface area (Å²) in [5.74, 6) is -0.695. The minimum absolute atomic E-state index is 0.0426. The van der Waals surface area contributed by atoms with Crippen LogP contribution in [0.1, 0.15) is 65.6 Å². The van der Waals surface area contributed by atoms with Gasteiger partial charge in [-0.05, 0) is 79.0 Å². The molecule has 2 N–H and O–H groups in total. The summed E-state index contributed by atoms with van der Waals surface area (Å²) in [6.45, 7) is 12.6. The van der Waals surface area contributed by atoms with Crippen molar-refractivity contribution in [3.05, 3.63) is 51.4 Å². The molecule has 1 unspecified atom stereocenters. The van der Waals surface area contributed by atoms with E-state index in [1.54, 1.807) is 72.7 Å². The van der Waals surface area contributed by atoms with E-state index in [9.17, 15) is 14.9 Å². The first kappa shape index (κ1) is 34.1. The number of carbonyl (C=O) groups is 2. The number of amides is 2. The minimum Gasteiger partial charge on any atom is -0.444 e. The number of rotatable bonds is 5. The molecule has 2 heterocycles. The van der Waals surface area contributed by atoms with Crippen LogP contribution in [0.25, 0.3) is 22.0 Å². The number of ether oxygens (including phenoxy) is 2. The van der Waals surface area contributed by atoms with Crippen LogP contribution in [-0.2, 0) is 15.9 Å². The fourth-order valence-electron chi connectivity index (χ4n) is 5.34. The number of nitrogens with zero attached hydrogens (tertiary/aromatic N) is 4. The van der Waals surface area contributed by atoms with Crippen molar-refractivity contribution in [1.29, 1.82) is 5.26 Å². The van der Waals surface area contributed by atoms with Gasteiger partial charge >= 0.3 is 12.2 Å². The van der Waals surface area contributed by atoms with Crippen LogP contribution in [0.15, 0.2) is 24.3 Å². The molecule has 0 aliphatic carbocycles. The van der Waals surface area contributed by atoms with Crippen molar-refractivity contribution in [3.63, 3.8) is 0 Å². The third-order valence-electron chi connectivity index (χ3n) is 7.24. The summed E-state index contributed by atoms with van der Waals surface area (Å²) in [6.07, 6.45) is -0.565. The maximum atomic E-state index is 16.8. The van der Waals surface area contributed by atoms with Gasteiger partial charge in [0.2, 0.25) is 0 Å². The van der Waals surface area contributed by atoms with Gasteiger partial charge in [0.05, 0.1) is 39.2 Å². The largest absolute Gasteiger partial charge is 0.444 e. The Morgan fingerprint density at radius 2 is 1.84 bits per heavy atom. The van der Waals surface area contributed by atoms with E-state index in [1.807, 2.05) is 0 Å². The molecule has 1 atom stereocenters. The first-order valence-corrected chi connectivity index (χ1v) is 15.4. The highest BCUT2D eigenvalue weighted by atomic mass is 35.5. The van der Waals surface area contributed by atoms with Crippen LogP contribution in [-0.4, -0.2) is 52.4 Å². The van der Waals surface area contributed by atoms with Crippen LogP contribution in [0.5, 0.6) is 0 Å². The number of benzene rings is 2. The van der Waals surface area contributed by atoms with E-state index in [-0.39, 0.29) is 57.3 Å². The van der Waals surface area contributed by atoms with E-state index in [2.05, 4.69) is 11.1 Å². The zero-order valence-corrected chi connectivity index (χ0v) is 28.1. The van der Waals surface area contributed by atoms with E-state index in [0.29, 0.717) is 29.8 Å². The Labute approximate surface area is 273 Å². The third kappa shape index (κ3) is 7.37. The number of aryl methyl sites for hydroxylation is 2. The van der Waals surface area contributed by atoms with E-state index in [1.165, 1.54) is 9.80 Å². The van der Waals surface area contributed by atoms with E-state index < -0.39 is 35.2 Å². The molecule has 240 valence electrons. The number of likely N-dealkylation sites (tertiary alicyclic amines) is 1. The summed E-state index contributed by atoms with van der Waals surface area (Å²) in [6, 6.07) is 8.14. The maximum Gasteiger partial charge on any atom is 0.415 e. The predicted molar refractivity (Wildman–Crippen MR) is 175 cm³/mol. The van der Waals surface area contributed by atoms with Crippen LogP contribution in [0.3, 0.4) is 0 Å². The summed E-state index contributed by atoms with van der Waals surface area (Å²) in [4.78, 5) is 34.4. The summed E-state index contributed by atoms with van der Waals surface area (Å²) in [5, 5.41) is 10.1. The van der Waals surface area contributed by atoms with E-state index in [0.717, 1.165) is 0 Å². The lowest BCUT2D eigenvalue weighted by atomic mass is 9.92. The fourth-order valence-corrected chi connectivity index (χ4v) is 5.74. The Hall–Kier alpha value is -3.81. The van der Waals surface area contributed by atoms with Crippen LogP contribution in [0, 0.1) is 24.1 Å². The van der Waals surface area contributed by atoms with Gasteiger partial charge in [0.25, 0.3) is 0 Å². The SMILES string of the molecule is Cc1nc2c(F)c(-c3cccc(Cl)c3Cl)c(CCC#N)cc2c(N(C(=O)OC(C)(C)C)C2CCN(C(=O)OC(C)(C)C)C2)c1N. The quantitative estimate of drug-likeness (QED) is 0.292. The summed E-state index contributed by atoms with van der Waals surface area (Å²) in [7, 11) is 0. The minimum atomic E-state index is -0.870. The zero-order valence-electron chi connectivity index (χ0n) is 26.6. The third-order valence-corrected chi connectivity index (χ3v) is 8.06. The van der Waals surface area contributed by atoms with Crippen molar-refractivity contribution in [2.75, 3.05) is 23.7 Å². The van der Waals surface area contributed by atoms with Crippen molar-refractivity contribution in [1.82, 2.24) is 9.88 Å². The van der Waals surface area contributed by atoms with Gasteiger partial charge in [-0.15, -0.1) is 0 Å². The number of fused-ring (bicyclic) bond motifs is 1. The first-order valence-electron chi connectivity index (χ1n) is 14.7. The lowest BCUT2D eigenvalue weighted by Gasteiger charge is -2.33. The summed E-state index contributed by atoms with van der Waals surface area (Å²) >= 11 is 12.8. The number of nitriles is 1. The molecule has 45 heavy (non-hydrogen) atoms. The van der Waals surface area contributed by atoms with Crippen LogP contribution in [0.4, 0.5) is 25.4 Å². The topological polar surface area (TPSA) is 122 Å². The summed E-state index contributed by atoms with van der Waals surface area (Å²) in [5.41, 5.74) is 6.67. The molecular weight excluding hydrogens is 620 g/mol. The lowest BCUT2D eigenvalue weighted by molar-refractivity contribution is 0.0287. The molecule has 0 saturated carbocycles. The van der Waals surface area contributed by atoms with Gasteiger partial charge in [-0.1, -0.05) is 35.3 Å². The predicted octanol–water partition coefficient (Wildman–Crippen LogP) is 8.45. The van der Waals surface area contributed by atoms with Gasteiger partial charge in [-0.25, -0.2) is 19.0 Å². The number of nitrogens with two attached hydrogens (primary N) is 1. The molecule has 1 aromatic heterocycles. The summed E-state index contributed by atoms with van der Waals surface area (Å²) < 4.78 is 28.2. The van der Waals surface area contributed by atoms with Gasteiger partial charge < -0.3 is 20.1 Å². The van der Waals surface area contributed by atoms with E-state index in [4.69, 9.17) is 38.4 Å². The molecule has 0 spiro atoms. The average molecular weight is 659 g/mol. The van der Waals surface area contributed by atoms with Crippen LogP contribution >= 0.6 is 23.2 Å². The highest BCUT2D eigenvalue weighted by Gasteiger charge is 2.40. The Kier molecular flexibility index (Phi) is 9.76. The van der Waals surface area contributed by atoms with Gasteiger partial charge in [-0.3, -0.25) is 4.90 Å². The van der Waals surface area contributed by atoms with Crippen molar-refractivity contribution < 1.29 is 23.5 Å². The normalized spacial score (nSPS) is 15.2.